The molecule has 0 unspecified atom stereocenters. The summed E-state index contributed by atoms with van der Waals surface area (Å²) in [7, 11) is 2.12. The van der Waals surface area contributed by atoms with E-state index in [9.17, 15) is 9.59 Å². The number of anilines is 3. The Morgan fingerprint density at radius 1 is 0.878 bits per heavy atom. The number of carbonyl (C=O) groups is 2. The number of aromatic nitrogens is 4. The first-order valence-corrected chi connectivity index (χ1v) is 14.9. The summed E-state index contributed by atoms with van der Waals surface area (Å²) in [5.41, 5.74) is 2.31. The van der Waals surface area contributed by atoms with Gasteiger partial charge in [-0.15, -0.1) is 5.10 Å². The van der Waals surface area contributed by atoms with Crippen LogP contribution in [0.4, 0.5) is 22.0 Å². The van der Waals surface area contributed by atoms with E-state index >= 15 is 0 Å². The number of piperidine rings is 1. The molecule has 0 radical (unpaired) electrons. The maximum absolute atomic E-state index is 13.2. The second kappa shape index (κ2) is 12.1. The van der Waals surface area contributed by atoms with Crippen molar-refractivity contribution >= 4 is 46.4 Å². The van der Waals surface area contributed by atoms with Gasteiger partial charge in [0.25, 0.3) is 5.91 Å². The first-order chi connectivity index (χ1) is 19.9. The number of carbonyl (C=O) groups excluding carboxylic acids is 2. The van der Waals surface area contributed by atoms with Crippen LogP contribution in [0, 0.1) is 0 Å². The second-order valence-electron chi connectivity index (χ2n) is 11.5. The summed E-state index contributed by atoms with van der Waals surface area (Å²) in [5.74, 6) is 0.336. The van der Waals surface area contributed by atoms with Gasteiger partial charge in [0.1, 0.15) is 11.0 Å². The van der Waals surface area contributed by atoms with Crippen LogP contribution in [0.5, 0.6) is 0 Å². The molecule has 3 fully saturated rings. The lowest BCUT2D eigenvalue weighted by Gasteiger charge is -2.32. The Kier molecular flexibility index (Phi) is 8.11. The summed E-state index contributed by atoms with van der Waals surface area (Å²) in [6.07, 6.45) is 10.9. The number of urea groups is 1. The van der Waals surface area contributed by atoms with Crippen LogP contribution < -0.4 is 26.6 Å². The molecule has 13 heteroatoms. The Morgan fingerprint density at radius 3 is 2.24 bits per heavy atom. The predicted molar refractivity (Wildman–Crippen MR) is 159 cm³/mol. The highest BCUT2D eigenvalue weighted by atomic mass is 35.5. The van der Waals surface area contributed by atoms with Crippen molar-refractivity contribution < 1.29 is 9.59 Å². The van der Waals surface area contributed by atoms with E-state index in [4.69, 9.17) is 16.7 Å². The topological polar surface area (TPSA) is 141 Å². The molecule has 2 aliphatic carbocycles. The average molecular weight is 581 g/mol. The number of halogens is 1. The van der Waals surface area contributed by atoms with Crippen LogP contribution in [0.3, 0.4) is 0 Å². The van der Waals surface area contributed by atoms with Gasteiger partial charge in [-0.2, -0.15) is 0 Å². The minimum Gasteiger partial charge on any atom is -0.379 e. The SMILES string of the molecule is CN1CCC(NC(=O)N[C@H]2CC[C@H](Nc3cc(NC4CC4)c4ncc(C(=O)Nc5ccnc(Cl)c5)n4n3)CC2)CC1. The summed E-state index contributed by atoms with van der Waals surface area (Å²) in [6.45, 7) is 2.04. The molecule has 0 aromatic carbocycles. The fourth-order valence-corrected chi connectivity index (χ4v) is 5.75. The standard InChI is InChI=1S/C28H37ClN10O2/c1-38-12-9-20(10-13-38)36-28(41)35-19-6-4-18(5-7-19)33-25-15-22(32-17-2-3-17)26-31-16-23(39(26)37-25)27(40)34-21-8-11-30-24(29)14-21/h8,11,14-20,32H,2-7,9-10,12-13H2,1H3,(H,33,37)(H,30,34,40)(H2,35,36,41)/t18-,19-. The highest BCUT2D eigenvalue weighted by Crippen LogP contribution is 2.30. The molecule has 3 aromatic rings. The van der Waals surface area contributed by atoms with Gasteiger partial charge in [0.15, 0.2) is 11.3 Å². The van der Waals surface area contributed by atoms with Crippen LogP contribution in [0.1, 0.15) is 61.9 Å². The first kappa shape index (κ1) is 27.5. The predicted octanol–water partition coefficient (Wildman–Crippen LogP) is 3.72. The molecule has 5 N–H and O–H groups in total. The summed E-state index contributed by atoms with van der Waals surface area (Å²) >= 11 is 5.98. The molecule has 3 aliphatic rings. The molecule has 12 nitrogen and oxygen atoms in total. The van der Waals surface area contributed by atoms with Crippen molar-refractivity contribution in [2.24, 2.45) is 0 Å². The molecule has 0 spiro atoms. The zero-order chi connectivity index (χ0) is 28.3. The number of amides is 3. The number of rotatable bonds is 8. The average Bonchev–Trinajstić information content (AvgIpc) is 3.66. The smallest absolute Gasteiger partial charge is 0.315 e. The van der Waals surface area contributed by atoms with Crippen molar-refractivity contribution in [1.29, 1.82) is 0 Å². The maximum Gasteiger partial charge on any atom is 0.315 e. The fourth-order valence-electron chi connectivity index (χ4n) is 5.58. The monoisotopic (exact) mass is 580 g/mol. The number of fused-ring (bicyclic) bond motifs is 1. The zero-order valence-corrected chi connectivity index (χ0v) is 24.0. The molecule has 0 bridgehead atoms. The summed E-state index contributed by atoms with van der Waals surface area (Å²) in [6, 6.07) is 6.22. The second-order valence-corrected chi connectivity index (χ2v) is 11.8. The Bertz CT molecular complexity index is 1390. The largest absolute Gasteiger partial charge is 0.379 e. The Labute approximate surface area is 244 Å². The van der Waals surface area contributed by atoms with Crippen LogP contribution in [-0.4, -0.2) is 80.7 Å². The third kappa shape index (κ3) is 6.99. The van der Waals surface area contributed by atoms with E-state index in [1.165, 1.54) is 12.4 Å². The zero-order valence-electron chi connectivity index (χ0n) is 23.2. The third-order valence-corrected chi connectivity index (χ3v) is 8.30. The van der Waals surface area contributed by atoms with Gasteiger partial charge < -0.3 is 31.5 Å². The molecular weight excluding hydrogens is 544 g/mol. The van der Waals surface area contributed by atoms with Gasteiger partial charge in [0.2, 0.25) is 0 Å². The molecule has 218 valence electrons. The molecule has 3 aromatic heterocycles. The molecular formula is C28H37ClN10O2. The molecule has 6 rings (SSSR count). The summed E-state index contributed by atoms with van der Waals surface area (Å²) < 4.78 is 1.59. The molecule has 1 aliphatic heterocycles. The van der Waals surface area contributed by atoms with E-state index in [1.54, 1.807) is 16.6 Å². The van der Waals surface area contributed by atoms with Gasteiger partial charge in [0.05, 0.1) is 11.9 Å². The van der Waals surface area contributed by atoms with Crippen molar-refractivity contribution in [2.45, 2.75) is 75.5 Å². The Hall–Kier alpha value is -3.64. The normalized spacial score (nSPS) is 21.8. The van der Waals surface area contributed by atoms with E-state index < -0.39 is 0 Å². The number of hydrogen-bond acceptors (Lipinski definition) is 8. The fraction of sp³-hybridized carbons (Fsp3) is 0.536. The van der Waals surface area contributed by atoms with Gasteiger partial charge in [-0.1, -0.05) is 11.6 Å². The lowest BCUT2D eigenvalue weighted by Crippen LogP contribution is -2.50. The molecule has 2 saturated carbocycles. The number of likely N-dealkylation sites (tertiary alicyclic amines) is 1. The number of nitrogens with zero attached hydrogens (tertiary/aromatic N) is 5. The van der Waals surface area contributed by atoms with E-state index in [0.717, 1.165) is 70.1 Å². The van der Waals surface area contributed by atoms with Crippen molar-refractivity contribution in [3.8, 4) is 0 Å². The lowest BCUT2D eigenvalue weighted by molar-refractivity contribution is 0.102. The van der Waals surface area contributed by atoms with Gasteiger partial charge in [-0.3, -0.25) is 4.79 Å². The lowest BCUT2D eigenvalue weighted by atomic mass is 9.91. The minimum absolute atomic E-state index is 0.0566. The van der Waals surface area contributed by atoms with Gasteiger partial charge in [-0.25, -0.2) is 19.3 Å². The first-order valence-electron chi connectivity index (χ1n) is 14.5. The van der Waals surface area contributed by atoms with Crippen LogP contribution in [0.2, 0.25) is 5.15 Å². The Morgan fingerprint density at radius 2 is 1.54 bits per heavy atom. The van der Waals surface area contributed by atoms with Crippen molar-refractivity contribution in [3.63, 3.8) is 0 Å². The van der Waals surface area contributed by atoms with Crippen LogP contribution in [0.25, 0.3) is 5.65 Å². The van der Waals surface area contributed by atoms with Crippen molar-refractivity contribution in [1.82, 2.24) is 35.1 Å². The summed E-state index contributed by atoms with van der Waals surface area (Å²) in [5, 5.41) is 21.3. The molecule has 4 heterocycles. The van der Waals surface area contributed by atoms with E-state index in [0.29, 0.717) is 34.0 Å². The quantitative estimate of drug-likeness (QED) is 0.254. The van der Waals surface area contributed by atoms with Gasteiger partial charge >= 0.3 is 6.03 Å². The van der Waals surface area contributed by atoms with E-state index in [1.807, 2.05) is 6.07 Å². The van der Waals surface area contributed by atoms with Crippen LogP contribution in [-0.2, 0) is 0 Å². The Balaban J connectivity index is 1.09. The van der Waals surface area contributed by atoms with Crippen molar-refractivity contribution in [2.75, 3.05) is 36.1 Å². The van der Waals surface area contributed by atoms with E-state index in [2.05, 4.69) is 48.5 Å². The number of imidazole rings is 1. The number of hydrogen-bond donors (Lipinski definition) is 5. The van der Waals surface area contributed by atoms with Gasteiger partial charge in [-0.05, 0) is 83.6 Å². The van der Waals surface area contributed by atoms with Crippen LogP contribution in [0.15, 0.2) is 30.6 Å². The highest BCUT2D eigenvalue weighted by Gasteiger charge is 2.27. The van der Waals surface area contributed by atoms with Crippen LogP contribution >= 0.6 is 11.6 Å². The van der Waals surface area contributed by atoms with Gasteiger partial charge in [0, 0.05) is 42.1 Å². The van der Waals surface area contributed by atoms with E-state index in [-0.39, 0.29) is 30.1 Å². The maximum atomic E-state index is 13.2. The number of nitrogens with one attached hydrogen (secondary N) is 5. The molecule has 3 amide bonds. The minimum atomic E-state index is -0.341. The van der Waals surface area contributed by atoms with Crippen molar-refractivity contribution in [3.05, 3.63) is 41.4 Å². The highest BCUT2D eigenvalue weighted by molar-refractivity contribution is 6.29. The molecule has 1 saturated heterocycles. The third-order valence-electron chi connectivity index (χ3n) is 8.09. The molecule has 0 atom stereocenters. The molecule has 41 heavy (non-hydrogen) atoms. The summed E-state index contributed by atoms with van der Waals surface area (Å²) in [4.78, 5) is 36.5. The number of pyridine rings is 1.